The summed E-state index contributed by atoms with van der Waals surface area (Å²) in [5, 5.41) is 0. The van der Waals surface area contributed by atoms with E-state index in [2.05, 4.69) is 0 Å². The highest BCUT2D eigenvalue weighted by Gasteiger charge is 2.02. The fourth-order valence-electron chi connectivity index (χ4n) is 1.92. The third-order valence-electron chi connectivity index (χ3n) is 3.04. The molecule has 0 bridgehead atoms. The molecule has 124 valence electrons. The van der Waals surface area contributed by atoms with Gasteiger partial charge in [0.25, 0.3) is 0 Å². The van der Waals surface area contributed by atoms with Gasteiger partial charge in [0.2, 0.25) is 0 Å². The number of ether oxygens (including phenoxy) is 3. The van der Waals surface area contributed by atoms with Crippen molar-refractivity contribution in [2.24, 2.45) is 0 Å². The van der Waals surface area contributed by atoms with Gasteiger partial charge in [-0.3, -0.25) is 0 Å². The summed E-state index contributed by atoms with van der Waals surface area (Å²) in [6.45, 7) is 1.62. The topological polar surface area (TPSA) is 132 Å². The van der Waals surface area contributed by atoms with Crippen LogP contribution in [0.4, 0.5) is 22.7 Å². The molecule has 8 N–H and O–H groups in total. The molecule has 0 fully saturated rings. The Morgan fingerprint density at radius 3 is 1.43 bits per heavy atom. The van der Waals surface area contributed by atoms with E-state index < -0.39 is 0 Å². The Bertz CT molecular complexity index is 594. The van der Waals surface area contributed by atoms with E-state index in [1.54, 1.807) is 36.4 Å². The van der Waals surface area contributed by atoms with E-state index >= 15 is 0 Å². The summed E-state index contributed by atoms with van der Waals surface area (Å²) in [6, 6.07) is 10.2. The SMILES string of the molecule is Nc1ccc(OCCOCCOc2ccc(N)cc2N)c(N)c1. The summed E-state index contributed by atoms with van der Waals surface area (Å²) in [7, 11) is 0. The van der Waals surface area contributed by atoms with Gasteiger partial charge in [-0.25, -0.2) is 0 Å². The van der Waals surface area contributed by atoms with Crippen LogP contribution in [0.25, 0.3) is 0 Å². The quantitative estimate of drug-likeness (QED) is 0.428. The summed E-state index contributed by atoms with van der Waals surface area (Å²) in [5.41, 5.74) is 25.0. The van der Waals surface area contributed by atoms with Gasteiger partial charge in [-0.2, -0.15) is 0 Å². The maximum absolute atomic E-state index is 5.79. The molecular formula is C16H22N4O3. The van der Waals surface area contributed by atoms with Crippen molar-refractivity contribution in [1.82, 2.24) is 0 Å². The van der Waals surface area contributed by atoms with Crippen LogP contribution in [0.2, 0.25) is 0 Å². The van der Waals surface area contributed by atoms with Crippen LogP contribution in [-0.2, 0) is 4.74 Å². The lowest BCUT2D eigenvalue weighted by Crippen LogP contribution is -2.13. The van der Waals surface area contributed by atoms with Crippen LogP contribution in [0, 0.1) is 0 Å². The van der Waals surface area contributed by atoms with E-state index in [9.17, 15) is 0 Å². The molecule has 2 aromatic rings. The molecule has 0 spiro atoms. The van der Waals surface area contributed by atoms with Gasteiger partial charge in [-0.1, -0.05) is 0 Å². The smallest absolute Gasteiger partial charge is 0.142 e. The molecule has 0 unspecified atom stereocenters. The fourth-order valence-corrected chi connectivity index (χ4v) is 1.92. The molecule has 0 aliphatic rings. The summed E-state index contributed by atoms with van der Waals surface area (Å²) in [5.74, 6) is 1.18. The van der Waals surface area contributed by atoms with Crippen LogP contribution >= 0.6 is 0 Å². The van der Waals surface area contributed by atoms with Crippen LogP contribution in [0.5, 0.6) is 11.5 Å². The first-order valence-corrected chi connectivity index (χ1v) is 7.19. The second-order valence-electron chi connectivity index (χ2n) is 4.90. The van der Waals surface area contributed by atoms with Gasteiger partial charge in [0.15, 0.2) is 0 Å². The zero-order valence-electron chi connectivity index (χ0n) is 12.8. The van der Waals surface area contributed by atoms with Gasteiger partial charge in [0.05, 0.1) is 24.6 Å². The number of anilines is 4. The van der Waals surface area contributed by atoms with Crippen molar-refractivity contribution < 1.29 is 14.2 Å². The van der Waals surface area contributed by atoms with Crippen LogP contribution in [0.1, 0.15) is 0 Å². The average Bonchev–Trinajstić information content (AvgIpc) is 2.50. The van der Waals surface area contributed by atoms with E-state index in [1.165, 1.54) is 0 Å². The molecule has 0 heterocycles. The molecular weight excluding hydrogens is 296 g/mol. The molecule has 0 saturated heterocycles. The minimum absolute atomic E-state index is 0.387. The molecule has 2 rings (SSSR count). The van der Waals surface area contributed by atoms with Crippen LogP contribution in [0.15, 0.2) is 36.4 Å². The van der Waals surface area contributed by atoms with Crippen LogP contribution < -0.4 is 32.4 Å². The number of nitrogens with two attached hydrogens (primary N) is 4. The Morgan fingerprint density at radius 2 is 1.04 bits per heavy atom. The van der Waals surface area contributed by atoms with E-state index in [1.807, 2.05) is 0 Å². The highest BCUT2D eigenvalue weighted by Crippen LogP contribution is 2.24. The van der Waals surface area contributed by atoms with Crippen molar-refractivity contribution in [3.05, 3.63) is 36.4 Å². The standard InChI is InChI=1S/C16H22N4O3/c17-11-1-3-15(13(19)9-11)22-7-5-21-6-8-23-16-4-2-12(18)10-14(16)20/h1-4,9-10H,5-8,17-20H2. The summed E-state index contributed by atoms with van der Waals surface area (Å²) < 4.78 is 16.4. The Kier molecular flexibility index (Phi) is 5.76. The molecule has 0 saturated carbocycles. The lowest BCUT2D eigenvalue weighted by Gasteiger charge is -2.11. The lowest BCUT2D eigenvalue weighted by atomic mass is 10.2. The molecule has 0 aliphatic carbocycles. The molecule has 0 aromatic heterocycles. The first kappa shape index (κ1) is 16.6. The normalized spacial score (nSPS) is 10.4. The summed E-state index contributed by atoms with van der Waals surface area (Å²) in [6.07, 6.45) is 0. The molecule has 0 atom stereocenters. The van der Waals surface area contributed by atoms with Crippen molar-refractivity contribution in [3.8, 4) is 11.5 Å². The van der Waals surface area contributed by atoms with Crippen molar-refractivity contribution in [2.75, 3.05) is 49.4 Å². The zero-order valence-corrected chi connectivity index (χ0v) is 12.8. The van der Waals surface area contributed by atoms with Crippen molar-refractivity contribution >= 4 is 22.7 Å². The van der Waals surface area contributed by atoms with Gasteiger partial charge in [-0.15, -0.1) is 0 Å². The molecule has 23 heavy (non-hydrogen) atoms. The highest BCUT2D eigenvalue weighted by molar-refractivity contribution is 5.61. The van der Waals surface area contributed by atoms with Crippen LogP contribution in [0.3, 0.4) is 0 Å². The Hall–Kier alpha value is -2.80. The molecule has 0 radical (unpaired) electrons. The number of hydrogen-bond donors (Lipinski definition) is 4. The minimum Gasteiger partial charge on any atom is -0.489 e. The maximum atomic E-state index is 5.79. The molecule has 2 aromatic carbocycles. The third-order valence-corrected chi connectivity index (χ3v) is 3.04. The van der Waals surface area contributed by atoms with Gasteiger partial charge in [0, 0.05) is 11.4 Å². The summed E-state index contributed by atoms with van der Waals surface area (Å²) >= 11 is 0. The highest BCUT2D eigenvalue weighted by atomic mass is 16.5. The van der Waals surface area contributed by atoms with E-state index in [0.29, 0.717) is 60.7 Å². The fraction of sp³-hybridized carbons (Fsp3) is 0.250. The molecule has 0 amide bonds. The second-order valence-corrected chi connectivity index (χ2v) is 4.90. The molecule has 7 heteroatoms. The maximum Gasteiger partial charge on any atom is 0.142 e. The van der Waals surface area contributed by atoms with Gasteiger partial charge in [-0.05, 0) is 36.4 Å². The first-order chi connectivity index (χ1) is 11.1. The van der Waals surface area contributed by atoms with Gasteiger partial charge < -0.3 is 37.1 Å². The monoisotopic (exact) mass is 318 g/mol. The van der Waals surface area contributed by atoms with Crippen molar-refractivity contribution in [3.63, 3.8) is 0 Å². The van der Waals surface area contributed by atoms with Crippen molar-refractivity contribution in [2.45, 2.75) is 0 Å². The Balaban J connectivity index is 1.61. The summed E-state index contributed by atoms with van der Waals surface area (Å²) in [4.78, 5) is 0. The third kappa shape index (κ3) is 5.15. The van der Waals surface area contributed by atoms with Gasteiger partial charge >= 0.3 is 0 Å². The molecule has 7 nitrogen and oxygen atoms in total. The first-order valence-electron chi connectivity index (χ1n) is 7.19. The largest absolute Gasteiger partial charge is 0.489 e. The average molecular weight is 318 g/mol. The lowest BCUT2D eigenvalue weighted by molar-refractivity contribution is 0.0768. The predicted octanol–water partition coefficient (Wildman–Crippen LogP) is 1.49. The zero-order chi connectivity index (χ0) is 16.7. The minimum atomic E-state index is 0.387. The van der Waals surface area contributed by atoms with Crippen molar-refractivity contribution in [1.29, 1.82) is 0 Å². The number of hydrogen-bond acceptors (Lipinski definition) is 7. The second kappa shape index (κ2) is 8.00. The van der Waals surface area contributed by atoms with Gasteiger partial charge in [0.1, 0.15) is 24.7 Å². The number of nitrogen functional groups attached to an aromatic ring is 4. The van der Waals surface area contributed by atoms with E-state index in [0.717, 1.165) is 0 Å². The number of benzene rings is 2. The van der Waals surface area contributed by atoms with E-state index in [-0.39, 0.29) is 0 Å². The van der Waals surface area contributed by atoms with Crippen LogP contribution in [-0.4, -0.2) is 26.4 Å². The Morgan fingerprint density at radius 1 is 0.609 bits per heavy atom. The van der Waals surface area contributed by atoms with E-state index in [4.69, 9.17) is 37.1 Å². The number of rotatable bonds is 8. The Labute approximate surface area is 135 Å². The molecule has 0 aliphatic heterocycles. The predicted molar refractivity (Wildman–Crippen MR) is 92.3 cm³/mol.